The van der Waals surface area contributed by atoms with E-state index >= 15 is 0 Å². The molecule has 3 atom stereocenters. The van der Waals surface area contributed by atoms with Gasteiger partial charge in [0.15, 0.2) is 0 Å². The Morgan fingerprint density at radius 3 is 2.50 bits per heavy atom. The fourth-order valence-electron chi connectivity index (χ4n) is 3.40. The second kappa shape index (κ2) is 8.33. The highest BCUT2D eigenvalue weighted by atomic mass is 16.5. The van der Waals surface area contributed by atoms with Crippen molar-refractivity contribution in [3.63, 3.8) is 0 Å². The van der Waals surface area contributed by atoms with Crippen LogP contribution in [-0.2, 0) is 4.74 Å². The Morgan fingerprint density at radius 1 is 1.11 bits per heavy atom. The quantitative estimate of drug-likeness (QED) is 0.790. The molecule has 0 bridgehead atoms. The molecule has 2 aromatic rings. The van der Waals surface area contributed by atoms with Gasteiger partial charge in [-0.3, -0.25) is 4.79 Å². The number of hydrogen-bond acceptors (Lipinski definition) is 4. The van der Waals surface area contributed by atoms with Gasteiger partial charge in [0, 0.05) is 23.8 Å². The number of ether oxygens (including phenoxy) is 2. The Balaban J connectivity index is 1.35. The van der Waals surface area contributed by atoms with Crippen molar-refractivity contribution in [2.75, 3.05) is 18.5 Å². The summed E-state index contributed by atoms with van der Waals surface area (Å²) in [6.07, 6.45) is 2.75. The van der Waals surface area contributed by atoms with Crippen molar-refractivity contribution in [3.05, 3.63) is 59.7 Å². The van der Waals surface area contributed by atoms with Gasteiger partial charge in [0.2, 0.25) is 0 Å². The number of carbonyl (C=O) groups is 1. The second-order valence-corrected chi connectivity index (χ2v) is 7.92. The van der Waals surface area contributed by atoms with Crippen molar-refractivity contribution in [1.29, 1.82) is 0 Å². The van der Waals surface area contributed by atoms with Crippen LogP contribution in [0.1, 0.15) is 48.7 Å². The van der Waals surface area contributed by atoms with Gasteiger partial charge in [0.05, 0.1) is 18.8 Å². The lowest BCUT2D eigenvalue weighted by Gasteiger charge is -2.34. The van der Waals surface area contributed by atoms with E-state index in [2.05, 4.69) is 24.5 Å². The normalized spacial score (nSPS) is 24.6. The monoisotopic (exact) mass is 380 g/mol. The zero-order valence-corrected chi connectivity index (χ0v) is 16.5. The molecular formula is C23H28N2O3. The van der Waals surface area contributed by atoms with Crippen molar-refractivity contribution >= 4 is 11.6 Å². The lowest BCUT2D eigenvalue weighted by atomic mass is 10.0. The van der Waals surface area contributed by atoms with Crippen LogP contribution in [0.5, 0.6) is 5.75 Å². The maximum atomic E-state index is 12.5. The highest BCUT2D eigenvalue weighted by Gasteiger charge is 2.27. The number of morpholine rings is 1. The summed E-state index contributed by atoms with van der Waals surface area (Å²) in [7, 11) is 0. The van der Waals surface area contributed by atoms with Gasteiger partial charge in [-0.2, -0.15) is 0 Å². The minimum Gasteiger partial charge on any atom is -0.493 e. The van der Waals surface area contributed by atoms with Crippen LogP contribution in [0.25, 0.3) is 0 Å². The number of rotatable bonds is 6. The molecule has 0 radical (unpaired) electrons. The molecule has 4 rings (SSSR count). The van der Waals surface area contributed by atoms with Gasteiger partial charge in [-0.15, -0.1) is 0 Å². The fourth-order valence-corrected chi connectivity index (χ4v) is 3.40. The Labute approximate surface area is 166 Å². The van der Waals surface area contributed by atoms with Gasteiger partial charge in [0.1, 0.15) is 5.75 Å². The molecule has 5 nitrogen and oxygen atoms in total. The SMILES string of the molecule is C[C@@H]1CN[C@H](C)[C@H](c2ccc(NC(=O)c3ccc(OCC4CC4)cc3)cc2)O1. The average molecular weight is 380 g/mol. The second-order valence-electron chi connectivity index (χ2n) is 7.92. The molecule has 2 fully saturated rings. The van der Waals surface area contributed by atoms with Gasteiger partial charge in [-0.05, 0) is 74.6 Å². The van der Waals surface area contributed by atoms with E-state index in [4.69, 9.17) is 9.47 Å². The minimum atomic E-state index is -0.126. The van der Waals surface area contributed by atoms with Crippen LogP contribution in [0.2, 0.25) is 0 Å². The Morgan fingerprint density at radius 2 is 1.82 bits per heavy atom. The van der Waals surface area contributed by atoms with Crippen LogP contribution in [-0.4, -0.2) is 31.2 Å². The topological polar surface area (TPSA) is 59.6 Å². The first kappa shape index (κ1) is 19.0. The van der Waals surface area contributed by atoms with E-state index in [1.165, 1.54) is 12.8 Å². The van der Waals surface area contributed by atoms with E-state index in [1.807, 2.05) is 36.4 Å². The predicted molar refractivity (Wildman–Crippen MR) is 110 cm³/mol. The van der Waals surface area contributed by atoms with Gasteiger partial charge in [-0.1, -0.05) is 12.1 Å². The van der Waals surface area contributed by atoms with E-state index in [0.29, 0.717) is 11.5 Å². The molecule has 2 aromatic carbocycles. The highest BCUT2D eigenvalue weighted by Crippen LogP contribution is 2.30. The van der Waals surface area contributed by atoms with Crippen molar-refractivity contribution < 1.29 is 14.3 Å². The van der Waals surface area contributed by atoms with Gasteiger partial charge in [-0.25, -0.2) is 0 Å². The maximum Gasteiger partial charge on any atom is 0.255 e. The summed E-state index contributed by atoms with van der Waals surface area (Å²) < 4.78 is 11.8. The number of hydrogen-bond donors (Lipinski definition) is 2. The van der Waals surface area contributed by atoms with E-state index in [1.54, 1.807) is 12.1 Å². The standard InChI is InChI=1S/C23H28N2O3/c1-15-13-24-16(2)22(28-15)18-5-9-20(10-6-18)25-23(26)19-7-11-21(12-8-19)27-14-17-3-4-17/h5-12,15-17,22,24H,3-4,13-14H2,1-2H3,(H,25,26)/t15-,16-,22-/m1/s1. The van der Waals surface area contributed by atoms with Crippen molar-refractivity contribution in [2.24, 2.45) is 5.92 Å². The van der Waals surface area contributed by atoms with Crippen LogP contribution in [0.3, 0.4) is 0 Å². The summed E-state index contributed by atoms with van der Waals surface area (Å²) in [5.41, 5.74) is 2.50. The lowest BCUT2D eigenvalue weighted by Crippen LogP contribution is -2.45. The lowest BCUT2D eigenvalue weighted by molar-refractivity contribution is -0.0520. The van der Waals surface area contributed by atoms with Crippen LogP contribution in [0.4, 0.5) is 5.69 Å². The van der Waals surface area contributed by atoms with Gasteiger partial charge in [0.25, 0.3) is 5.91 Å². The first-order chi connectivity index (χ1) is 13.6. The fraction of sp³-hybridized carbons (Fsp3) is 0.435. The van der Waals surface area contributed by atoms with Gasteiger partial charge >= 0.3 is 0 Å². The van der Waals surface area contributed by atoms with E-state index in [0.717, 1.165) is 30.2 Å². The summed E-state index contributed by atoms with van der Waals surface area (Å²) in [6, 6.07) is 15.5. The zero-order chi connectivity index (χ0) is 19.5. The molecule has 1 aliphatic carbocycles. The Bertz CT molecular complexity index is 800. The van der Waals surface area contributed by atoms with Crippen LogP contribution in [0, 0.1) is 5.92 Å². The van der Waals surface area contributed by atoms with Crippen LogP contribution < -0.4 is 15.4 Å². The molecule has 28 heavy (non-hydrogen) atoms. The minimum absolute atomic E-state index is 0.0247. The summed E-state index contributed by atoms with van der Waals surface area (Å²) in [5, 5.41) is 6.42. The van der Waals surface area contributed by atoms with Crippen molar-refractivity contribution in [1.82, 2.24) is 5.32 Å². The molecule has 0 spiro atoms. The zero-order valence-electron chi connectivity index (χ0n) is 16.5. The molecule has 1 aliphatic heterocycles. The highest BCUT2D eigenvalue weighted by molar-refractivity contribution is 6.04. The summed E-state index contributed by atoms with van der Waals surface area (Å²) in [6.45, 7) is 5.85. The third-order valence-electron chi connectivity index (χ3n) is 5.36. The largest absolute Gasteiger partial charge is 0.493 e. The van der Waals surface area contributed by atoms with E-state index in [9.17, 15) is 4.79 Å². The number of benzene rings is 2. The molecule has 2 aliphatic rings. The summed E-state index contributed by atoms with van der Waals surface area (Å²) in [5.74, 6) is 1.41. The molecule has 2 N–H and O–H groups in total. The Kier molecular flexibility index (Phi) is 5.64. The summed E-state index contributed by atoms with van der Waals surface area (Å²) >= 11 is 0. The number of anilines is 1. The molecule has 0 aromatic heterocycles. The predicted octanol–water partition coefficient (Wildman–Crippen LogP) is 4.17. The molecule has 0 unspecified atom stereocenters. The van der Waals surface area contributed by atoms with Crippen molar-refractivity contribution in [2.45, 2.75) is 44.9 Å². The molecule has 1 saturated heterocycles. The average Bonchev–Trinajstić information content (AvgIpc) is 3.54. The number of carbonyl (C=O) groups excluding carboxylic acids is 1. The Hall–Kier alpha value is -2.37. The van der Waals surface area contributed by atoms with E-state index < -0.39 is 0 Å². The molecular weight excluding hydrogens is 352 g/mol. The third kappa shape index (κ3) is 4.72. The summed E-state index contributed by atoms with van der Waals surface area (Å²) in [4.78, 5) is 12.5. The maximum absolute atomic E-state index is 12.5. The molecule has 148 valence electrons. The molecule has 5 heteroatoms. The molecule has 1 heterocycles. The van der Waals surface area contributed by atoms with Crippen molar-refractivity contribution in [3.8, 4) is 5.75 Å². The van der Waals surface area contributed by atoms with Crippen LogP contribution >= 0.6 is 0 Å². The first-order valence-electron chi connectivity index (χ1n) is 10.1. The molecule has 1 saturated carbocycles. The first-order valence-corrected chi connectivity index (χ1v) is 10.1. The van der Waals surface area contributed by atoms with Gasteiger partial charge < -0.3 is 20.1 Å². The smallest absolute Gasteiger partial charge is 0.255 e. The van der Waals surface area contributed by atoms with E-state index in [-0.39, 0.29) is 24.2 Å². The third-order valence-corrected chi connectivity index (χ3v) is 5.36. The number of amides is 1. The molecule has 1 amide bonds. The van der Waals surface area contributed by atoms with Crippen LogP contribution in [0.15, 0.2) is 48.5 Å². The number of nitrogens with one attached hydrogen (secondary N) is 2.